The van der Waals surface area contributed by atoms with Gasteiger partial charge in [0.2, 0.25) is 0 Å². The van der Waals surface area contributed by atoms with Crippen molar-refractivity contribution in [1.29, 1.82) is 0 Å². The van der Waals surface area contributed by atoms with Crippen molar-refractivity contribution < 1.29 is 14.7 Å². The highest BCUT2D eigenvalue weighted by atomic mass is 16.4. The first kappa shape index (κ1) is 15.3. The number of nitrogens with one attached hydrogen (secondary N) is 2. The number of aliphatic carboxylic acids is 1. The van der Waals surface area contributed by atoms with E-state index in [-0.39, 0.29) is 0 Å². The summed E-state index contributed by atoms with van der Waals surface area (Å²) in [6.45, 7) is 1.27. The molecule has 1 atom stereocenters. The minimum Gasteiger partial charge on any atom is -0.479 e. The average molecular weight is 291 g/mol. The normalized spacial score (nSPS) is 15.5. The molecule has 0 aliphatic heterocycles. The highest BCUT2D eigenvalue weighted by Crippen LogP contribution is 2.24. The van der Waals surface area contributed by atoms with E-state index in [0.717, 1.165) is 6.54 Å². The number of amides is 2. The molecule has 1 fully saturated rings. The van der Waals surface area contributed by atoms with Crippen LogP contribution in [0.15, 0.2) is 30.3 Å². The van der Waals surface area contributed by atoms with Crippen LogP contribution in [0.3, 0.4) is 0 Å². The van der Waals surface area contributed by atoms with Gasteiger partial charge >= 0.3 is 12.0 Å². The third-order valence-electron chi connectivity index (χ3n) is 3.58. The monoisotopic (exact) mass is 291 g/mol. The van der Waals surface area contributed by atoms with Gasteiger partial charge in [-0.15, -0.1) is 0 Å². The fraction of sp³-hybridized carbons (Fsp3) is 0.467. The average Bonchev–Trinajstić information content (AvgIpc) is 3.30. The second-order valence-corrected chi connectivity index (χ2v) is 5.29. The first-order valence-electron chi connectivity index (χ1n) is 7.10. The van der Waals surface area contributed by atoms with Crippen LogP contribution in [0, 0.1) is 0 Å². The number of likely N-dealkylation sites (N-methyl/N-ethyl adjacent to an activating group) is 1. The Morgan fingerprint density at radius 2 is 2.00 bits per heavy atom. The molecule has 1 aliphatic carbocycles. The standard InChI is InChI=1S/C15H21N3O3/c1-18(12-7-8-12)10-9-16-15(21)17-13(14(19)20)11-5-3-2-4-6-11/h2-6,12-13H,7-10H2,1H3,(H,19,20)(H2,16,17,21)/t13-/m0/s1. The van der Waals surface area contributed by atoms with Crippen molar-refractivity contribution >= 4 is 12.0 Å². The summed E-state index contributed by atoms with van der Waals surface area (Å²) in [6, 6.07) is 7.80. The fourth-order valence-corrected chi connectivity index (χ4v) is 2.16. The third-order valence-corrected chi connectivity index (χ3v) is 3.58. The molecule has 1 aromatic carbocycles. The van der Waals surface area contributed by atoms with Gasteiger partial charge in [-0.25, -0.2) is 9.59 Å². The molecule has 0 aromatic heterocycles. The lowest BCUT2D eigenvalue weighted by molar-refractivity contribution is -0.139. The minimum absolute atomic E-state index is 0.463. The van der Waals surface area contributed by atoms with Crippen LogP contribution in [0.2, 0.25) is 0 Å². The molecule has 6 nitrogen and oxygen atoms in total. The number of hydrogen-bond donors (Lipinski definition) is 3. The number of rotatable bonds is 7. The molecule has 3 N–H and O–H groups in total. The van der Waals surface area contributed by atoms with Gasteiger partial charge in [0.25, 0.3) is 0 Å². The molecule has 2 amide bonds. The van der Waals surface area contributed by atoms with E-state index in [0.29, 0.717) is 18.2 Å². The molecule has 2 rings (SSSR count). The van der Waals surface area contributed by atoms with Crippen molar-refractivity contribution in [1.82, 2.24) is 15.5 Å². The van der Waals surface area contributed by atoms with Crippen molar-refractivity contribution in [3.63, 3.8) is 0 Å². The molecule has 0 spiro atoms. The maximum Gasteiger partial charge on any atom is 0.330 e. The highest BCUT2D eigenvalue weighted by molar-refractivity contribution is 5.83. The lowest BCUT2D eigenvalue weighted by atomic mass is 10.1. The number of carboxylic acid groups (broad SMARTS) is 1. The predicted octanol–water partition coefficient (Wildman–Crippen LogP) is 1.21. The predicted molar refractivity (Wildman–Crippen MR) is 79.0 cm³/mol. The Morgan fingerprint density at radius 3 is 2.57 bits per heavy atom. The summed E-state index contributed by atoms with van der Waals surface area (Å²) < 4.78 is 0. The quantitative estimate of drug-likeness (QED) is 0.705. The molecular weight excluding hydrogens is 270 g/mol. The Labute approximate surface area is 124 Å². The maximum atomic E-state index is 11.8. The SMILES string of the molecule is CN(CCNC(=O)N[C@H](C(=O)O)c1ccccc1)C1CC1. The van der Waals surface area contributed by atoms with Crippen molar-refractivity contribution in [2.24, 2.45) is 0 Å². The Morgan fingerprint density at radius 1 is 1.33 bits per heavy atom. The lowest BCUT2D eigenvalue weighted by Gasteiger charge is -2.18. The van der Waals surface area contributed by atoms with Crippen LogP contribution in [0.1, 0.15) is 24.4 Å². The van der Waals surface area contributed by atoms with Crippen LogP contribution in [0.4, 0.5) is 4.79 Å². The van der Waals surface area contributed by atoms with Gasteiger partial charge in [0.1, 0.15) is 0 Å². The Bertz CT molecular complexity index is 488. The van der Waals surface area contributed by atoms with Crippen LogP contribution in [0.25, 0.3) is 0 Å². The molecule has 114 valence electrons. The van der Waals surface area contributed by atoms with E-state index in [4.69, 9.17) is 0 Å². The largest absolute Gasteiger partial charge is 0.479 e. The van der Waals surface area contributed by atoms with E-state index in [1.807, 2.05) is 7.05 Å². The van der Waals surface area contributed by atoms with Crippen molar-refractivity contribution in [3.8, 4) is 0 Å². The fourth-order valence-electron chi connectivity index (χ4n) is 2.16. The summed E-state index contributed by atoms with van der Waals surface area (Å²) in [5.74, 6) is -1.08. The van der Waals surface area contributed by atoms with E-state index in [2.05, 4.69) is 15.5 Å². The summed E-state index contributed by atoms with van der Waals surface area (Å²) in [5, 5.41) is 14.4. The van der Waals surface area contributed by atoms with E-state index in [1.54, 1.807) is 30.3 Å². The molecule has 1 aliphatic rings. The summed E-state index contributed by atoms with van der Waals surface area (Å²) in [6.07, 6.45) is 2.44. The molecular formula is C15H21N3O3. The molecule has 0 saturated heterocycles. The zero-order valence-corrected chi connectivity index (χ0v) is 12.1. The van der Waals surface area contributed by atoms with Gasteiger partial charge in [-0.1, -0.05) is 30.3 Å². The van der Waals surface area contributed by atoms with Crippen LogP contribution in [0.5, 0.6) is 0 Å². The Hall–Kier alpha value is -2.08. The first-order chi connectivity index (χ1) is 10.1. The topological polar surface area (TPSA) is 81.7 Å². The van der Waals surface area contributed by atoms with Crippen molar-refractivity contribution in [3.05, 3.63) is 35.9 Å². The molecule has 21 heavy (non-hydrogen) atoms. The van der Waals surface area contributed by atoms with Gasteiger partial charge in [-0.2, -0.15) is 0 Å². The number of nitrogens with zero attached hydrogens (tertiary/aromatic N) is 1. The summed E-state index contributed by atoms with van der Waals surface area (Å²) in [4.78, 5) is 25.3. The maximum absolute atomic E-state index is 11.8. The van der Waals surface area contributed by atoms with Gasteiger partial charge < -0.3 is 20.6 Å². The number of urea groups is 1. The van der Waals surface area contributed by atoms with Gasteiger partial charge in [0.05, 0.1) is 0 Å². The Balaban J connectivity index is 1.80. The van der Waals surface area contributed by atoms with Crippen LogP contribution >= 0.6 is 0 Å². The molecule has 0 unspecified atom stereocenters. The molecule has 1 saturated carbocycles. The molecule has 0 radical (unpaired) electrons. The van der Waals surface area contributed by atoms with Crippen LogP contribution in [-0.2, 0) is 4.79 Å². The van der Waals surface area contributed by atoms with Crippen LogP contribution < -0.4 is 10.6 Å². The van der Waals surface area contributed by atoms with Crippen LogP contribution in [-0.4, -0.2) is 48.2 Å². The summed E-state index contributed by atoms with van der Waals surface area (Å²) >= 11 is 0. The number of carbonyl (C=O) groups is 2. The van der Waals surface area contributed by atoms with Gasteiger partial charge in [0.15, 0.2) is 6.04 Å². The van der Waals surface area contributed by atoms with Crippen molar-refractivity contribution in [2.45, 2.75) is 24.9 Å². The third kappa shape index (κ3) is 4.75. The van der Waals surface area contributed by atoms with Crippen molar-refractivity contribution in [2.75, 3.05) is 20.1 Å². The van der Waals surface area contributed by atoms with E-state index in [1.165, 1.54) is 12.8 Å². The zero-order valence-electron chi connectivity index (χ0n) is 12.1. The second kappa shape index (κ2) is 7.08. The van der Waals surface area contributed by atoms with Gasteiger partial charge in [-0.3, -0.25) is 0 Å². The van der Waals surface area contributed by atoms with E-state index in [9.17, 15) is 14.7 Å². The number of carboxylic acids is 1. The first-order valence-corrected chi connectivity index (χ1v) is 7.10. The van der Waals surface area contributed by atoms with Gasteiger partial charge in [0, 0.05) is 19.1 Å². The smallest absolute Gasteiger partial charge is 0.330 e. The lowest BCUT2D eigenvalue weighted by Crippen LogP contribution is -2.43. The zero-order chi connectivity index (χ0) is 15.2. The number of carbonyl (C=O) groups excluding carboxylic acids is 1. The van der Waals surface area contributed by atoms with E-state index >= 15 is 0 Å². The highest BCUT2D eigenvalue weighted by Gasteiger charge is 2.26. The summed E-state index contributed by atoms with van der Waals surface area (Å²) in [5.41, 5.74) is 0.551. The Kier molecular flexibility index (Phi) is 5.16. The van der Waals surface area contributed by atoms with E-state index < -0.39 is 18.0 Å². The molecule has 0 heterocycles. The minimum atomic E-state index is -1.08. The molecule has 6 heteroatoms. The summed E-state index contributed by atoms with van der Waals surface area (Å²) in [7, 11) is 2.03. The number of benzene rings is 1. The number of hydrogen-bond acceptors (Lipinski definition) is 3. The molecule has 0 bridgehead atoms. The van der Waals surface area contributed by atoms with Gasteiger partial charge in [-0.05, 0) is 25.5 Å². The second-order valence-electron chi connectivity index (χ2n) is 5.29. The molecule has 1 aromatic rings.